The van der Waals surface area contributed by atoms with Crippen molar-refractivity contribution in [1.82, 2.24) is 14.5 Å². The lowest BCUT2D eigenvalue weighted by Gasteiger charge is -2.29. The minimum atomic E-state index is -3.07. The van der Waals surface area contributed by atoms with Gasteiger partial charge < -0.3 is 5.32 Å². The Hall–Kier alpha value is -0.170. The molecule has 0 unspecified atom stereocenters. The molecule has 0 atom stereocenters. The molecule has 0 aromatic rings. The van der Waals surface area contributed by atoms with E-state index in [1.165, 1.54) is 19.3 Å². The molecule has 1 saturated carbocycles. The van der Waals surface area contributed by atoms with E-state index in [1.807, 2.05) is 0 Å². The van der Waals surface area contributed by atoms with Gasteiger partial charge in [-0.25, -0.2) is 12.7 Å². The van der Waals surface area contributed by atoms with E-state index in [2.05, 4.69) is 10.2 Å². The smallest absolute Gasteiger partial charge is 0.214 e. The van der Waals surface area contributed by atoms with Crippen LogP contribution < -0.4 is 5.32 Å². The second-order valence-corrected chi connectivity index (χ2v) is 8.32. The molecule has 20 heavy (non-hydrogen) atoms. The van der Waals surface area contributed by atoms with Crippen LogP contribution in [0.4, 0.5) is 0 Å². The van der Waals surface area contributed by atoms with Gasteiger partial charge in [-0.15, -0.1) is 0 Å². The fourth-order valence-electron chi connectivity index (χ4n) is 3.13. The number of piperazine rings is 1. The summed E-state index contributed by atoms with van der Waals surface area (Å²) in [5.74, 6) is 0.737. The molecule has 0 amide bonds. The van der Waals surface area contributed by atoms with E-state index in [0.717, 1.165) is 45.6 Å². The van der Waals surface area contributed by atoms with Crippen molar-refractivity contribution in [1.29, 1.82) is 0 Å². The van der Waals surface area contributed by atoms with Crippen molar-refractivity contribution in [3.05, 3.63) is 0 Å². The third-order valence-electron chi connectivity index (χ3n) is 4.59. The zero-order valence-electron chi connectivity index (χ0n) is 12.7. The van der Waals surface area contributed by atoms with Crippen LogP contribution >= 0.6 is 0 Å². The van der Waals surface area contributed by atoms with Crippen LogP contribution in [0.5, 0.6) is 0 Å². The van der Waals surface area contributed by atoms with Crippen molar-refractivity contribution < 1.29 is 8.42 Å². The molecule has 0 aromatic carbocycles. The second-order valence-electron chi connectivity index (χ2n) is 6.20. The predicted octanol–water partition coefficient (Wildman–Crippen LogP) is 0.734. The van der Waals surface area contributed by atoms with Crippen molar-refractivity contribution in [3.8, 4) is 0 Å². The summed E-state index contributed by atoms with van der Waals surface area (Å²) in [4.78, 5) is 2.34. The summed E-state index contributed by atoms with van der Waals surface area (Å²) in [5, 5.41) is 3.31. The molecule has 2 fully saturated rings. The van der Waals surface area contributed by atoms with Crippen LogP contribution in [0, 0.1) is 5.92 Å². The van der Waals surface area contributed by atoms with Gasteiger partial charge in [-0.2, -0.15) is 0 Å². The van der Waals surface area contributed by atoms with Gasteiger partial charge in [0, 0.05) is 46.3 Å². The summed E-state index contributed by atoms with van der Waals surface area (Å²) in [5.41, 5.74) is 0. The molecule has 0 spiro atoms. The summed E-state index contributed by atoms with van der Waals surface area (Å²) in [6, 6.07) is 0. The zero-order chi connectivity index (χ0) is 14.4. The third kappa shape index (κ3) is 4.98. The highest BCUT2D eigenvalue weighted by Crippen LogP contribution is 2.25. The van der Waals surface area contributed by atoms with Crippen molar-refractivity contribution in [3.63, 3.8) is 0 Å². The average Bonchev–Trinajstić information content (AvgIpc) is 2.46. The highest BCUT2D eigenvalue weighted by atomic mass is 32.2. The minimum absolute atomic E-state index is 0.352. The van der Waals surface area contributed by atoms with E-state index in [-0.39, 0.29) is 0 Å². The Labute approximate surface area is 123 Å². The maximum atomic E-state index is 12.4. The lowest BCUT2D eigenvalue weighted by molar-refractivity contribution is 0.229. The first kappa shape index (κ1) is 16.2. The van der Waals surface area contributed by atoms with Gasteiger partial charge in [0.05, 0.1) is 5.75 Å². The van der Waals surface area contributed by atoms with Crippen LogP contribution in [0.15, 0.2) is 0 Å². The van der Waals surface area contributed by atoms with Gasteiger partial charge in [-0.3, -0.25) is 4.90 Å². The predicted molar refractivity (Wildman–Crippen MR) is 82.3 cm³/mol. The fourth-order valence-corrected chi connectivity index (χ4v) is 4.68. The summed E-state index contributed by atoms with van der Waals surface area (Å²) < 4.78 is 26.3. The Morgan fingerprint density at radius 2 is 1.80 bits per heavy atom. The summed E-state index contributed by atoms with van der Waals surface area (Å²) in [6.07, 6.45) is 5.85. The van der Waals surface area contributed by atoms with Crippen LogP contribution in [0.25, 0.3) is 0 Å². The number of rotatable bonds is 6. The Morgan fingerprint density at radius 3 is 2.45 bits per heavy atom. The Balaban J connectivity index is 1.75. The lowest BCUT2D eigenvalue weighted by atomic mass is 9.91. The molecule has 2 rings (SSSR count). The molecule has 2 aliphatic rings. The first-order chi connectivity index (χ1) is 9.58. The molecule has 1 heterocycles. The maximum absolute atomic E-state index is 12.4. The molecule has 0 aromatic heterocycles. The van der Waals surface area contributed by atoms with Gasteiger partial charge in [-0.1, -0.05) is 19.3 Å². The number of sulfonamides is 1. The third-order valence-corrected chi connectivity index (χ3v) is 6.61. The number of nitrogens with one attached hydrogen (secondary N) is 1. The monoisotopic (exact) mass is 303 g/mol. The zero-order valence-corrected chi connectivity index (χ0v) is 13.5. The summed E-state index contributed by atoms with van der Waals surface area (Å²) in [6.45, 7) is 5.54. The van der Waals surface area contributed by atoms with Gasteiger partial charge in [0.25, 0.3) is 0 Å². The molecule has 6 heteroatoms. The van der Waals surface area contributed by atoms with Crippen LogP contribution in [0.1, 0.15) is 32.1 Å². The van der Waals surface area contributed by atoms with Gasteiger partial charge in [0.15, 0.2) is 0 Å². The highest BCUT2D eigenvalue weighted by Gasteiger charge is 2.25. The number of hydrogen-bond donors (Lipinski definition) is 1. The standard InChI is InChI=1S/C14H29N3O2S/c1-16(11-12-17-9-7-15-8-10-17)20(18,19)13-14-5-3-2-4-6-14/h14-15H,2-13H2,1H3. The van der Waals surface area contributed by atoms with Crippen LogP contribution in [-0.4, -0.2) is 69.7 Å². The number of nitrogens with zero attached hydrogens (tertiary/aromatic N) is 2. The molecular formula is C14H29N3O2S. The number of likely N-dealkylation sites (N-methyl/N-ethyl adjacent to an activating group) is 1. The van der Waals surface area contributed by atoms with E-state index in [4.69, 9.17) is 0 Å². The van der Waals surface area contributed by atoms with Gasteiger partial charge in [-0.05, 0) is 18.8 Å². The molecule has 5 nitrogen and oxygen atoms in total. The van der Waals surface area contributed by atoms with Crippen molar-refractivity contribution in [2.45, 2.75) is 32.1 Å². The molecule has 118 valence electrons. The Morgan fingerprint density at radius 1 is 1.15 bits per heavy atom. The Kier molecular flexibility index (Phi) is 6.26. The van der Waals surface area contributed by atoms with Gasteiger partial charge in [0.1, 0.15) is 0 Å². The highest BCUT2D eigenvalue weighted by molar-refractivity contribution is 7.89. The van der Waals surface area contributed by atoms with E-state index in [9.17, 15) is 8.42 Å². The van der Waals surface area contributed by atoms with E-state index in [1.54, 1.807) is 11.4 Å². The van der Waals surface area contributed by atoms with Crippen LogP contribution in [0.3, 0.4) is 0 Å². The van der Waals surface area contributed by atoms with Crippen LogP contribution in [0.2, 0.25) is 0 Å². The van der Waals surface area contributed by atoms with E-state index in [0.29, 0.717) is 18.2 Å². The first-order valence-corrected chi connectivity index (χ1v) is 9.56. The fraction of sp³-hybridized carbons (Fsp3) is 1.00. The van der Waals surface area contributed by atoms with Crippen molar-refractivity contribution in [2.75, 3.05) is 52.1 Å². The Bertz CT molecular complexity index is 374. The molecule has 0 bridgehead atoms. The topological polar surface area (TPSA) is 52.6 Å². The normalized spacial score (nSPS) is 23.3. The molecule has 0 radical (unpaired) electrons. The van der Waals surface area contributed by atoms with Crippen molar-refractivity contribution in [2.24, 2.45) is 5.92 Å². The first-order valence-electron chi connectivity index (χ1n) is 7.95. The average molecular weight is 303 g/mol. The maximum Gasteiger partial charge on any atom is 0.214 e. The van der Waals surface area contributed by atoms with Gasteiger partial charge in [0.2, 0.25) is 10.0 Å². The van der Waals surface area contributed by atoms with Crippen molar-refractivity contribution >= 4 is 10.0 Å². The minimum Gasteiger partial charge on any atom is -0.314 e. The quantitative estimate of drug-likeness (QED) is 0.786. The molecule has 1 aliphatic carbocycles. The van der Waals surface area contributed by atoms with E-state index >= 15 is 0 Å². The molecular weight excluding hydrogens is 274 g/mol. The second kappa shape index (κ2) is 7.73. The largest absolute Gasteiger partial charge is 0.314 e. The molecule has 1 aliphatic heterocycles. The van der Waals surface area contributed by atoms with E-state index < -0.39 is 10.0 Å². The van der Waals surface area contributed by atoms with Crippen LogP contribution in [-0.2, 0) is 10.0 Å². The summed E-state index contributed by atoms with van der Waals surface area (Å²) in [7, 11) is -1.33. The molecule has 1 N–H and O–H groups in total. The summed E-state index contributed by atoms with van der Waals surface area (Å²) >= 11 is 0. The number of hydrogen-bond acceptors (Lipinski definition) is 4. The van der Waals surface area contributed by atoms with Gasteiger partial charge >= 0.3 is 0 Å². The molecule has 1 saturated heterocycles. The lowest BCUT2D eigenvalue weighted by Crippen LogP contribution is -2.46. The SMILES string of the molecule is CN(CCN1CCNCC1)S(=O)(=O)CC1CCCCC1.